The summed E-state index contributed by atoms with van der Waals surface area (Å²) in [4.78, 5) is 24.8. The van der Waals surface area contributed by atoms with Gasteiger partial charge in [0.2, 0.25) is 0 Å². The maximum absolute atomic E-state index is 12.3. The standard InChI is InChI=1S/C13H15NO4/c1-18-11-7-3-2-5-9(11)12(15)14-8-4-6-10(14)13(16)17/h2-3,5,7,10H,4,6,8H2,1H3,(H,16,17)/t10-/m0/s1. The summed E-state index contributed by atoms with van der Waals surface area (Å²) >= 11 is 0. The van der Waals surface area contributed by atoms with Crippen LogP contribution in [0.3, 0.4) is 0 Å². The molecule has 1 aliphatic rings. The van der Waals surface area contributed by atoms with Crippen molar-refractivity contribution in [1.29, 1.82) is 0 Å². The fraction of sp³-hybridized carbons (Fsp3) is 0.385. The molecule has 1 amide bonds. The number of methoxy groups -OCH3 is 1. The molecule has 0 bridgehead atoms. The van der Waals surface area contributed by atoms with Crippen LogP contribution in [-0.2, 0) is 4.79 Å². The molecule has 1 atom stereocenters. The van der Waals surface area contributed by atoms with Crippen LogP contribution in [0.1, 0.15) is 23.2 Å². The van der Waals surface area contributed by atoms with Gasteiger partial charge in [-0.15, -0.1) is 0 Å². The summed E-state index contributed by atoms with van der Waals surface area (Å²) in [5.41, 5.74) is 0.410. The fourth-order valence-corrected chi connectivity index (χ4v) is 2.24. The Morgan fingerprint density at radius 2 is 2.11 bits per heavy atom. The molecule has 0 aromatic heterocycles. The van der Waals surface area contributed by atoms with Crippen LogP contribution >= 0.6 is 0 Å². The summed E-state index contributed by atoms with van der Waals surface area (Å²) < 4.78 is 5.13. The Morgan fingerprint density at radius 3 is 2.78 bits per heavy atom. The SMILES string of the molecule is COc1ccccc1C(=O)N1CCC[C@H]1C(=O)O. The summed E-state index contributed by atoms with van der Waals surface area (Å²) in [6.07, 6.45) is 1.23. The molecule has 0 unspecified atom stereocenters. The van der Waals surface area contributed by atoms with Crippen LogP contribution in [-0.4, -0.2) is 41.6 Å². The van der Waals surface area contributed by atoms with Gasteiger partial charge in [-0.3, -0.25) is 4.79 Å². The minimum atomic E-state index is -0.948. The monoisotopic (exact) mass is 249 g/mol. The van der Waals surface area contributed by atoms with Gasteiger partial charge in [0.05, 0.1) is 12.7 Å². The minimum absolute atomic E-state index is 0.280. The molecule has 1 aliphatic heterocycles. The van der Waals surface area contributed by atoms with E-state index in [0.29, 0.717) is 24.3 Å². The van der Waals surface area contributed by atoms with Gasteiger partial charge in [-0.1, -0.05) is 12.1 Å². The third kappa shape index (κ3) is 2.16. The highest BCUT2D eigenvalue weighted by atomic mass is 16.5. The van der Waals surface area contributed by atoms with Crippen LogP contribution in [0.15, 0.2) is 24.3 Å². The van der Waals surface area contributed by atoms with Gasteiger partial charge in [0, 0.05) is 6.54 Å². The maximum atomic E-state index is 12.3. The van der Waals surface area contributed by atoms with Crippen molar-refractivity contribution >= 4 is 11.9 Å². The van der Waals surface area contributed by atoms with Crippen molar-refractivity contribution in [3.8, 4) is 5.75 Å². The molecule has 1 aromatic rings. The molecule has 0 saturated carbocycles. The number of benzene rings is 1. The molecule has 2 rings (SSSR count). The zero-order valence-corrected chi connectivity index (χ0v) is 10.1. The lowest BCUT2D eigenvalue weighted by Crippen LogP contribution is -2.40. The van der Waals surface area contributed by atoms with Crippen molar-refractivity contribution in [2.24, 2.45) is 0 Å². The van der Waals surface area contributed by atoms with E-state index in [9.17, 15) is 9.59 Å². The van der Waals surface area contributed by atoms with Gasteiger partial charge in [-0.05, 0) is 25.0 Å². The van der Waals surface area contributed by atoms with Crippen molar-refractivity contribution < 1.29 is 19.4 Å². The molecule has 5 nitrogen and oxygen atoms in total. The number of likely N-dealkylation sites (tertiary alicyclic amines) is 1. The molecule has 1 fully saturated rings. The van der Waals surface area contributed by atoms with Crippen LogP contribution < -0.4 is 4.74 Å². The molecule has 0 spiro atoms. The van der Waals surface area contributed by atoms with Gasteiger partial charge in [0.15, 0.2) is 0 Å². The first-order valence-electron chi connectivity index (χ1n) is 5.82. The lowest BCUT2D eigenvalue weighted by atomic mass is 10.1. The normalized spacial score (nSPS) is 18.7. The van der Waals surface area contributed by atoms with E-state index in [1.165, 1.54) is 12.0 Å². The third-order valence-electron chi connectivity index (χ3n) is 3.14. The van der Waals surface area contributed by atoms with Crippen LogP contribution in [0.5, 0.6) is 5.75 Å². The number of nitrogens with zero attached hydrogens (tertiary/aromatic N) is 1. The second kappa shape index (κ2) is 5.08. The molecule has 1 aromatic carbocycles. The molecule has 1 heterocycles. The summed E-state index contributed by atoms with van der Waals surface area (Å²) in [6.45, 7) is 0.480. The number of carboxylic acid groups (broad SMARTS) is 1. The number of carboxylic acids is 1. The smallest absolute Gasteiger partial charge is 0.326 e. The lowest BCUT2D eigenvalue weighted by molar-refractivity contribution is -0.141. The Bertz CT molecular complexity index is 472. The molecule has 96 valence electrons. The average molecular weight is 249 g/mol. The average Bonchev–Trinajstić information content (AvgIpc) is 2.87. The third-order valence-corrected chi connectivity index (χ3v) is 3.14. The number of hydrogen-bond donors (Lipinski definition) is 1. The molecule has 0 radical (unpaired) electrons. The first-order valence-corrected chi connectivity index (χ1v) is 5.82. The number of carbonyl (C=O) groups excluding carboxylic acids is 1. The summed E-state index contributed by atoms with van der Waals surface area (Å²) in [7, 11) is 1.49. The van der Waals surface area contributed by atoms with Crippen LogP contribution in [0.4, 0.5) is 0 Å². The number of carbonyl (C=O) groups is 2. The molecule has 1 saturated heterocycles. The quantitative estimate of drug-likeness (QED) is 0.879. The molecule has 1 N–H and O–H groups in total. The maximum Gasteiger partial charge on any atom is 0.326 e. The minimum Gasteiger partial charge on any atom is -0.496 e. The number of para-hydroxylation sites is 1. The highest BCUT2D eigenvalue weighted by Crippen LogP contribution is 2.24. The first kappa shape index (κ1) is 12.4. The van der Waals surface area contributed by atoms with Gasteiger partial charge < -0.3 is 14.7 Å². The van der Waals surface area contributed by atoms with Gasteiger partial charge in [0.1, 0.15) is 11.8 Å². The van der Waals surface area contributed by atoms with Gasteiger partial charge >= 0.3 is 5.97 Å². The van der Waals surface area contributed by atoms with Crippen LogP contribution in [0.25, 0.3) is 0 Å². The predicted octanol–water partition coefficient (Wildman–Crippen LogP) is 1.38. The van der Waals surface area contributed by atoms with Gasteiger partial charge in [0.25, 0.3) is 5.91 Å². The van der Waals surface area contributed by atoms with Gasteiger partial charge in [-0.2, -0.15) is 0 Å². The Kier molecular flexibility index (Phi) is 3.50. The van der Waals surface area contributed by atoms with E-state index in [4.69, 9.17) is 9.84 Å². The summed E-state index contributed by atoms with van der Waals surface area (Å²) in [5.74, 6) is -0.758. The molecule has 0 aliphatic carbocycles. The first-order chi connectivity index (χ1) is 8.65. The second-order valence-electron chi connectivity index (χ2n) is 4.20. The van der Waals surface area contributed by atoms with E-state index < -0.39 is 12.0 Å². The Labute approximate surface area is 105 Å². The zero-order valence-electron chi connectivity index (χ0n) is 10.1. The Morgan fingerprint density at radius 1 is 1.39 bits per heavy atom. The van der Waals surface area contributed by atoms with E-state index in [0.717, 1.165) is 6.42 Å². The Balaban J connectivity index is 2.28. The molecular formula is C13H15NO4. The predicted molar refractivity (Wildman–Crippen MR) is 64.7 cm³/mol. The highest BCUT2D eigenvalue weighted by Gasteiger charge is 2.35. The topological polar surface area (TPSA) is 66.8 Å². The van der Waals surface area contributed by atoms with E-state index in [1.807, 2.05) is 0 Å². The highest BCUT2D eigenvalue weighted by molar-refractivity contribution is 5.99. The van der Waals surface area contributed by atoms with E-state index in [1.54, 1.807) is 24.3 Å². The number of ether oxygens (including phenoxy) is 1. The molecule has 5 heteroatoms. The van der Waals surface area contributed by atoms with Gasteiger partial charge in [-0.25, -0.2) is 4.79 Å². The largest absolute Gasteiger partial charge is 0.496 e. The summed E-state index contributed by atoms with van der Waals surface area (Å²) in [5, 5.41) is 9.08. The number of aliphatic carboxylic acids is 1. The number of rotatable bonds is 3. The van der Waals surface area contributed by atoms with E-state index >= 15 is 0 Å². The number of amides is 1. The Hall–Kier alpha value is -2.04. The van der Waals surface area contributed by atoms with Crippen molar-refractivity contribution in [3.05, 3.63) is 29.8 Å². The fourth-order valence-electron chi connectivity index (χ4n) is 2.24. The van der Waals surface area contributed by atoms with E-state index in [2.05, 4.69) is 0 Å². The van der Waals surface area contributed by atoms with Crippen LogP contribution in [0.2, 0.25) is 0 Å². The van der Waals surface area contributed by atoms with Crippen LogP contribution in [0, 0.1) is 0 Å². The molecule has 18 heavy (non-hydrogen) atoms. The van der Waals surface area contributed by atoms with Crippen molar-refractivity contribution in [2.75, 3.05) is 13.7 Å². The zero-order chi connectivity index (χ0) is 13.1. The van der Waals surface area contributed by atoms with Crippen molar-refractivity contribution in [3.63, 3.8) is 0 Å². The lowest BCUT2D eigenvalue weighted by Gasteiger charge is -2.22. The number of hydrogen-bond acceptors (Lipinski definition) is 3. The van der Waals surface area contributed by atoms with Crippen molar-refractivity contribution in [2.45, 2.75) is 18.9 Å². The molecular weight excluding hydrogens is 234 g/mol. The summed E-state index contributed by atoms with van der Waals surface area (Å²) in [6, 6.07) is 6.13. The van der Waals surface area contributed by atoms with E-state index in [-0.39, 0.29) is 5.91 Å². The van der Waals surface area contributed by atoms with Crippen molar-refractivity contribution in [1.82, 2.24) is 4.90 Å². The second-order valence-corrected chi connectivity index (χ2v) is 4.20.